The smallest absolute Gasteiger partial charge is 0.329 e. The van der Waals surface area contributed by atoms with Crippen molar-refractivity contribution in [1.29, 1.82) is 0 Å². The molecule has 1 aromatic heterocycles. The summed E-state index contributed by atoms with van der Waals surface area (Å²) in [5.41, 5.74) is -0.862. The van der Waals surface area contributed by atoms with E-state index in [2.05, 4.69) is 10.3 Å². The molecule has 0 bridgehead atoms. The monoisotopic (exact) mass is 305 g/mol. The lowest BCUT2D eigenvalue weighted by atomic mass is 10.2. The molecule has 0 fully saturated rings. The van der Waals surface area contributed by atoms with Crippen molar-refractivity contribution in [2.24, 2.45) is 0 Å². The lowest BCUT2D eigenvalue weighted by molar-refractivity contribution is -0.137. The minimum Gasteiger partial charge on any atom is -0.481 e. The van der Waals surface area contributed by atoms with Gasteiger partial charge in [0, 0.05) is 6.04 Å². The fourth-order valence-corrected chi connectivity index (χ4v) is 2.12. The van der Waals surface area contributed by atoms with E-state index in [1.54, 1.807) is 24.3 Å². The summed E-state index contributed by atoms with van der Waals surface area (Å²) in [5.74, 6) is -1.65. The van der Waals surface area contributed by atoms with Crippen LogP contribution < -0.4 is 16.6 Å². The molecule has 116 valence electrons. The summed E-state index contributed by atoms with van der Waals surface area (Å²) < 4.78 is 0.783. The Morgan fingerprint density at radius 1 is 1.32 bits per heavy atom. The fourth-order valence-electron chi connectivity index (χ4n) is 2.12. The number of nitrogens with zero attached hydrogens (tertiary/aromatic N) is 1. The number of fused-ring (bicyclic) bond motifs is 1. The SMILES string of the molecule is CC(CC(=O)O)NC(=O)Cn1c(=O)[nH]c2ccccc2c1=O. The third-order valence-electron chi connectivity index (χ3n) is 3.08. The van der Waals surface area contributed by atoms with Gasteiger partial charge in [-0.1, -0.05) is 12.1 Å². The second-order valence-corrected chi connectivity index (χ2v) is 4.93. The van der Waals surface area contributed by atoms with Crippen molar-refractivity contribution in [2.45, 2.75) is 25.9 Å². The summed E-state index contributed by atoms with van der Waals surface area (Å²) in [6.07, 6.45) is -0.241. The maximum atomic E-state index is 12.2. The third-order valence-corrected chi connectivity index (χ3v) is 3.08. The van der Waals surface area contributed by atoms with Gasteiger partial charge >= 0.3 is 11.7 Å². The molecule has 0 radical (unpaired) electrons. The van der Waals surface area contributed by atoms with Crippen LogP contribution in [0.3, 0.4) is 0 Å². The number of carbonyl (C=O) groups is 2. The van der Waals surface area contributed by atoms with E-state index >= 15 is 0 Å². The highest BCUT2D eigenvalue weighted by atomic mass is 16.4. The Morgan fingerprint density at radius 3 is 2.68 bits per heavy atom. The summed E-state index contributed by atoms with van der Waals surface area (Å²) in [6.45, 7) is 1.06. The number of hydrogen-bond acceptors (Lipinski definition) is 4. The number of carboxylic acids is 1. The molecule has 0 spiro atoms. The zero-order valence-corrected chi connectivity index (χ0v) is 11.8. The fraction of sp³-hybridized carbons (Fsp3) is 0.286. The van der Waals surface area contributed by atoms with Gasteiger partial charge in [0.1, 0.15) is 6.54 Å². The van der Waals surface area contributed by atoms with E-state index in [1.165, 1.54) is 6.92 Å². The van der Waals surface area contributed by atoms with Gasteiger partial charge in [0.25, 0.3) is 5.56 Å². The Labute approximate surface area is 124 Å². The first-order chi connectivity index (χ1) is 10.4. The van der Waals surface area contributed by atoms with Crippen LogP contribution in [0.25, 0.3) is 10.9 Å². The van der Waals surface area contributed by atoms with E-state index in [-0.39, 0.29) is 6.42 Å². The number of carboxylic acid groups (broad SMARTS) is 1. The van der Waals surface area contributed by atoms with Gasteiger partial charge in [-0.05, 0) is 19.1 Å². The first kappa shape index (κ1) is 15.5. The van der Waals surface area contributed by atoms with Crippen LogP contribution in [0.15, 0.2) is 33.9 Å². The number of carbonyl (C=O) groups excluding carboxylic acids is 1. The van der Waals surface area contributed by atoms with Crippen molar-refractivity contribution in [2.75, 3.05) is 0 Å². The Hall–Kier alpha value is -2.90. The molecule has 0 aliphatic carbocycles. The van der Waals surface area contributed by atoms with Gasteiger partial charge in [0.2, 0.25) is 5.91 Å². The summed E-state index contributed by atoms with van der Waals surface area (Å²) in [6, 6.07) is 5.89. The largest absolute Gasteiger partial charge is 0.481 e. The van der Waals surface area contributed by atoms with Crippen LogP contribution in [0, 0.1) is 0 Å². The van der Waals surface area contributed by atoms with Gasteiger partial charge in [0.05, 0.1) is 17.3 Å². The molecule has 1 atom stereocenters. The highest BCUT2D eigenvalue weighted by molar-refractivity contribution is 5.79. The van der Waals surface area contributed by atoms with Gasteiger partial charge in [-0.15, -0.1) is 0 Å². The Morgan fingerprint density at radius 2 is 2.00 bits per heavy atom. The molecule has 2 aromatic rings. The van der Waals surface area contributed by atoms with Crippen molar-refractivity contribution in [3.05, 3.63) is 45.1 Å². The van der Waals surface area contributed by atoms with Crippen molar-refractivity contribution in [1.82, 2.24) is 14.9 Å². The lowest BCUT2D eigenvalue weighted by Gasteiger charge is -2.12. The number of benzene rings is 1. The van der Waals surface area contributed by atoms with Crippen LogP contribution >= 0.6 is 0 Å². The predicted octanol–water partition coefficient (Wildman–Crippen LogP) is -0.331. The minimum atomic E-state index is -1.05. The number of aromatic nitrogens is 2. The summed E-state index contributed by atoms with van der Waals surface area (Å²) in [7, 11) is 0. The van der Waals surface area contributed by atoms with E-state index in [0.717, 1.165) is 4.57 Å². The van der Waals surface area contributed by atoms with Gasteiger partial charge in [-0.2, -0.15) is 0 Å². The van der Waals surface area contributed by atoms with Crippen LogP contribution in [-0.4, -0.2) is 32.6 Å². The molecule has 1 amide bonds. The average Bonchev–Trinajstić information content (AvgIpc) is 2.42. The number of nitrogens with one attached hydrogen (secondary N) is 2. The van der Waals surface area contributed by atoms with Gasteiger partial charge in [-0.3, -0.25) is 19.0 Å². The van der Waals surface area contributed by atoms with Gasteiger partial charge in [-0.25, -0.2) is 4.79 Å². The second kappa shape index (κ2) is 6.25. The first-order valence-electron chi connectivity index (χ1n) is 6.61. The van der Waals surface area contributed by atoms with E-state index in [4.69, 9.17) is 5.11 Å². The molecule has 0 aliphatic heterocycles. The average molecular weight is 305 g/mol. The van der Waals surface area contributed by atoms with E-state index in [0.29, 0.717) is 10.9 Å². The number of amides is 1. The predicted molar refractivity (Wildman–Crippen MR) is 78.7 cm³/mol. The summed E-state index contributed by atoms with van der Waals surface area (Å²) in [4.78, 5) is 49.0. The van der Waals surface area contributed by atoms with Gasteiger partial charge in [0.15, 0.2) is 0 Å². The highest BCUT2D eigenvalue weighted by Gasteiger charge is 2.14. The zero-order chi connectivity index (χ0) is 16.3. The molecular weight excluding hydrogens is 290 g/mol. The van der Waals surface area contributed by atoms with E-state index < -0.39 is 35.7 Å². The van der Waals surface area contributed by atoms with Crippen molar-refractivity contribution < 1.29 is 14.7 Å². The van der Waals surface area contributed by atoms with E-state index in [1.807, 2.05) is 0 Å². The van der Waals surface area contributed by atoms with Crippen molar-refractivity contribution in [3.63, 3.8) is 0 Å². The molecular formula is C14H15N3O5. The Kier molecular flexibility index (Phi) is 4.40. The maximum Gasteiger partial charge on any atom is 0.329 e. The van der Waals surface area contributed by atoms with E-state index in [9.17, 15) is 19.2 Å². The third kappa shape index (κ3) is 3.40. The Bertz CT molecular complexity index is 836. The molecule has 3 N–H and O–H groups in total. The van der Waals surface area contributed by atoms with Gasteiger partial charge < -0.3 is 15.4 Å². The van der Waals surface area contributed by atoms with Crippen LogP contribution in [0.5, 0.6) is 0 Å². The molecule has 1 heterocycles. The molecule has 8 heteroatoms. The number of rotatable bonds is 5. The minimum absolute atomic E-state index is 0.241. The molecule has 1 unspecified atom stereocenters. The summed E-state index contributed by atoms with van der Waals surface area (Å²) in [5, 5.41) is 11.4. The maximum absolute atomic E-state index is 12.2. The van der Waals surface area contributed by atoms with Crippen LogP contribution in [-0.2, 0) is 16.1 Å². The standard InChI is InChI=1S/C14H15N3O5/c1-8(6-12(19)20)15-11(18)7-17-13(21)9-4-2-3-5-10(9)16-14(17)22/h2-5,8H,6-7H2,1H3,(H,15,18)(H,16,22)(H,19,20). The number of H-pyrrole nitrogens is 1. The zero-order valence-electron chi connectivity index (χ0n) is 11.8. The summed E-state index contributed by atoms with van der Waals surface area (Å²) >= 11 is 0. The number of aliphatic carboxylic acids is 1. The molecule has 22 heavy (non-hydrogen) atoms. The first-order valence-corrected chi connectivity index (χ1v) is 6.61. The van der Waals surface area contributed by atoms with Crippen molar-refractivity contribution >= 4 is 22.8 Å². The quantitative estimate of drug-likeness (QED) is 0.698. The van der Waals surface area contributed by atoms with Crippen LogP contribution in [0.4, 0.5) is 0 Å². The lowest BCUT2D eigenvalue weighted by Crippen LogP contribution is -2.43. The Balaban J connectivity index is 2.25. The second-order valence-electron chi connectivity index (χ2n) is 4.93. The van der Waals surface area contributed by atoms with Crippen LogP contribution in [0.1, 0.15) is 13.3 Å². The normalized spacial score (nSPS) is 12.0. The van der Waals surface area contributed by atoms with Crippen LogP contribution in [0.2, 0.25) is 0 Å². The molecule has 2 rings (SSSR count). The highest BCUT2D eigenvalue weighted by Crippen LogP contribution is 2.02. The molecule has 8 nitrogen and oxygen atoms in total. The molecule has 0 aliphatic rings. The molecule has 1 aromatic carbocycles. The molecule has 0 saturated heterocycles. The topological polar surface area (TPSA) is 121 Å². The number of aromatic amines is 1. The van der Waals surface area contributed by atoms with Crippen molar-refractivity contribution in [3.8, 4) is 0 Å². The number of para-hydroxylation sites is 1. The molecule has 0 saturated carbocycles. The number of hydrogen-bond donors (Lipinski definition) is 3.